The van der Waals surface area contributed by atoms with Gasteiger partial charge in [-0.05, 0) is 68.3 Å². The number of ether oxygens (including phenoxy) is 2. The second-order valence-corrected chi connectivity index (χ2v) is 6.10. The van der Waals surface area contributed by atoms with Gasteiger partial charge in [-0.15, -0.1) is 0 Å². The Hall–Kier alpha value is -3.01. The zero-order valence-electron chi connectivity index (χ0n) is 15.6. The highest BCUT2D eigenvalue weighted by Crippen LogP contribution is 2.32. The largest absolute Gasteiger partial charge is 0.497 e. The molecule has 0 unspecified atom stereocenters. The molecular formula is C22H23NO3. The van der Waals surface area contributed by atoms with Crippen LogP contribution in [0.2, 0.25) is 0 Å². The van der Waals surface area contributed by atoms with Crippen molar-refractivity contribution in [1.82, 2.24) is 4.57 Å². The highest BCUT2D eigenvalue weighted by molar-refractivity contribution is 5.93. The van der Waals surface area contributed by atoms with Crippen LogP contribution in [0.3, 0.4) is 0 Å². The van der Waals surface area contributed by atoms with Crippen LogP contribution in [-0.4, -0.2) is 24.3 Å². The third kappa shape index (κ3) is 3.23. The molecule has 0 saturated heterocycles. The minimum absolute atomic E-state index is 0.299. The molecule has 1 heterocycles. The van der Waals surface area contributed by atoms with Gasteiger partial charge >= 0.3 is 5.97 Å². The van der Waals surface area contributed by atoms with Crippen LogP contribution in [0.4, 0.5) is 0 Å². The van der Waals surface area contributed by atoms with E-state index >= 15 is 0 Å². The van der Waals surface area contributed by atoms with Gasteiger partial charge in [0.15, 0.2) is 0 Å². The van der Waals surface area contributed by atoms with Crippen molar-refractivity contribution in [2.24, 2.45) is 0 Å². The molecule has 1 aromatic heterocycles. The molecule has 0 spiro atoms. The van der Waals surface area contributed by atoms with Crippen LogP contribution < -0.4 is 4.74 Å². The van der Waals surface area contributed by atoms with Crippen molar-refractivity contribution in [3.05, 3.63) is 71.4 Å². The second-order valence-electron chi connectivity index (χ2n) is 6.10. The number of carbonyl (C=O) groups excluding carboxylic acids is 1. The van der Waals surface area contributed by atoms with Crippen molar-refractivity contribution in [3.63, 3.8) is 0 Å². The third-order valence-electron chi connectivity index (χ3n) is 4.48. The Balaban J connectivity index is 2.22. The van der Waals surface area contributed by atoms with Crippen LogP contribution in [0.15, 0.2) is 54.6 Å². The van der Waals surface area contributed by atoms with Gasteiger partial charge in [-0.1, -0.05) is 18.2 Å². The van der Waals surface area contributed by atoms with Gasteiger partial charge in [0, 0.05) is 11.4 Å². The van der Waals surface area contributed by atoms with Crippen LogP contribution in [0.25, 0.3) is 16.9 Å². The Bertz CT molecular complexity index is 923. The fraction of sp³-hybridized carbons (Fsp3) is 0.227. The number of nitrogens with zero attached hydrogens (tertiary/aromatic N) is 1. The standard InChI is InChI=1S/C22H23NO3/c1-5-26-22(24)19-14-21(17-10-12-18(25-4)13-11-17)23(16(19)3)20-9-7-6-8-15(20)2/h6-14H,5H2,1-4H3. The van der Waals surface area contributed by atoms with Crippen molar-refractivity contribution in [2.45, 2.75) is 20.8 Å². The first kappa shape index (κ1) is 17.8. The van der Waals surface area contributed by atoms with Crippen LogP contribution in [0.1, 0.15) is 28.5 Å². The Morgan fingerprint density at radius 1 is 1.04 bits per heavy atom. The van der Waals surface area contributed by atoms with Crippen LogP contribution >= 0.6 is 0 Å². The summed E-state index contributed by atoms with van der Waals surface area (Å²) in [5.41, 5.74) is 5.59. The van der Waals surface area contributed by atoms with E-state index < -0.39 is 0 Å². The summed E-state index contributed by atoms with van der Waals surface area (Å²) < 4.78 is 12.6. The summed E-state index contributed by atoms with van der Waals surface area (Å²) >= 11 is 0. The molecule has 134 valence electrons. The lowest BCUT2D eigenvalue weighted by Gasteiger charge is -2.15. The van der Waals surface area contributed by atoms with Crippen molar-refractivity contribution < 1.29 is 14.3 Å². The number of rotatable bonds is 5. The van der Waals surface area contributed by atoms with Crippen molar-refractivity contribution >= 4 is 5.97 Å². The highest BCUT2D eigenvalue weighted by Gasteiger charge is 2.21. The number of aryl methyl sites for hydroxylation is 1. The van der Waals surface area contributed by atoms with Gasteiger partial charge in [0.05, 0.1) is 25.0 Å². The molecule has 2 aromatic carbocycles. The van der Waals surface area contributed by atoms with E-state index in [4.69, 9.17) is 9.47 Å². The van der Waals surface area contributed by atoms with E-state index in [1.165, 1.54) is 0 Å². The van der Waals surface area contributed by atoms with Crippen LogP contribution in [0, 0.1) is 13.8 Å². The topological polar surface area (TPSA) is 40.5 Å². The molecule has 0 aliphatic heterocycles. The molecule has 0 radical (unpaired) electrons. The molecule has 0 aliphatic rings. The number of para-hydroxylation sites is 1. The van der Waals surface area contributed by atoms with Crippen molar-refractivity contribution in [1.29, 1.82) is 0 Å². The molecule has 4 nitrogen and oxygen atoms in total. The Morgan fingerprint density at radius 2 is 1.73 bits per heavy atom. The predicted molar refractivity (Wildman–Crippen MR) is 103 cm³/mol. The van der Waals surface area contributed by atoms with Gasteiger partial charge in [-0.25, -0.2) is 4.79 Å². The number of hydrogen-bond donors (Lipinski definition) is 0. The molecule has 0 amide bonds. The number of benzene rings is 2. The summed E-state index contributed by atoms with van der Waals surface area (Å²) in [6.45, 7) is 6.18. The van der Waals surface area contributed by atoms with Gasteiger partial charge < -0.3 is 14.0 Å². The number of aromatic nitrogens is 1. The Labute approximate surface area is 154 Å². The number of hydrogen-bond acceptors (Lipinski definition) is 3. The summed E-state index contributed by atoms with van der Waals surface area (Å²) in [7, 11) is 1.65. The maximum atomic E-state index is 12.4. The first-order chi connectivity index (χ1) is 12.6. The monoisotopic (exact) mass is 349 g/mol. The van der Waals surface area contributed by atoms with E-state index in [-0.39, 0.29) is 5.97 Å². The van der Waals surface area contributed by atoms with Gasteiger partial charge in [0.25, 0.3) is 0 Å². The van der Waals surface area contributed by atoms with Gasteiger partial charge in [0.2, 0.25) is 0 Å². The average molecular weight is 349 g/mol. The fourth-order valence-electron chi connectivity index (χ4n) is 3.12. The van der Waals surface area contributed by atoms with Gasteiger partial charge in [0.1, 0.15) is 5.75 Å². The molecule has 0 N–H and O–H groups in total. The first-order valence-electron chi connectivity index (χ1n) is 8.66. The van der Waals surface area contributed by atoms with E-state index in [0.29, 0.717) is 12.2 Å². The minimum atomic E-state index is -0.299. The summed E-state index contributed by atoms with van der Waals surface area (Å²) in [5, 5.41) is 0. The molecule has 0 atom stereocenters. The van der Waals surface area contributed by atoms with E-state index in [9.17, 15) is 4.79 Å². The van der Waals surface area contributed by atoms with E-state index in [0.717, 1.165) is 34.0 Å². The molecule has 4 heteroatoms. The normalized spacial score (nSPS) is 10.6. The lowest BCUT2D eigenvalue weighted by atomic mass is 10.1. The van der Waals surface area contributed by atoms with Gasteiger partial charge in [-0.3, -0.25) is 0 Å². The molecule has 3 rings (SSSR count). The van der Waals surface area contributed by atoms with E-state index in [2.05, 4.69) is 23.6 Å². The molecule has 0 aliphatic carbocycles. The summed E-state index contributed by atoms with van der Waals surface area (Å²) in [5.74, 6) is 0.497. The Kier molecular flexibility index (Phi) is 5.12. The average Bonchev–Trinajstić information content (AvgIpc) is 3.00. The molecule has 3 aromatic rings. The molecule has 0 bridgehead atoms. The van der Waals surface area contributed by atoms with Crippen molar-refractivity contribution in [2.75, 3.05) is 13.7 Å². The highest BCUT2D eigenvalue weighted by atomic mass is 16.5. The Morgan fingerprint density at radius 3 is 2.35 bits per heavy atom. The summed E-state index contributed by atoms with van der Waals surface area (Å²) in [4.78, 5) is 12.4. The fourth-order valence-corrected chi connectivity index (χ4v) is 3.12. The maximum Gasteiger partial charge on any atom is 0.339 e. The van der Waals surface area contributed by atoms with Crippen LogP contribution in [-0.2, 0) is 4.74 Å². The second kappa shape index (κ2) is 7.48. The quantitative estimate of drug-likeness (QED) is 0.612. The van der Waals surface area contributed by atoms with Crippen LogP contribution in [0.5, 0.6) is 5.75 Å². The summed E-state index contributed by atoms with van der Waals surface area (Å²) in [6, 6.07) is 17.9. The lowest BCUT2D eigenvalue weighted by Crippen LogP contribution is -2.07. The third-order valence-corrected chi connectivity index (χ3v) is 4.48. The summed E-state index contributed by atoms with van der Waals surface area (Å²) in [6.07, 6.45) is 0. The van der Waals surface area contributed by atoms with Gasteiger partial charge in [-0.2, -0.15) is 0 Å². The molecule has 26 heavy (non-hydrogen) atoms. The lowest BCUT2D eigenvalue weighted by molar-refractivity contribution is 0.0525. The minimum Gasteiger partial charge on any atom is -0.497 e. The SMILES string of the molecule is CCOC(=O)c1cc(-c2ccc(OC)cc2)n(-c2ccccc2C)c1C. The zero-order chi connectivity index (χ0) is 18.7. The number of methoxy groups -OCH3 is 1. The van der Waals surface area contributed by atoms with E-state index in [1.54, 1.807) is 7.11 Å². The molecule has 0 fully saturated rings. The van der Waals surface area contributed by atoms with Crippen molar-refractivity contribution in [3.8, 4) is 22.7 Å². The van der Waals surface area contributed by atoms with E-state index in [1.807, 2.05) is 56.3 Å². The number of esters is 1. The predicted octanol–water partition coefficient (Wildman–Crippen LogP) is 4.95. The zero-order valence-corrected chi connectivity index (χ0v) is 15.6. The smallest absolute Gasteiger partial charge is 0.339 e. The molecule has 0 saturated carbocycles. The maximum absolute atomic E-state index is 12.4. The number of carbonyl (C=O) groups is 1. The molecular weight excluding hydrogens is 326 g/mol. The first-order valence-corrected chi connectivity index (χ1v) is 8.66.